The summed E-state index contributed by atoms with van der Waals surface area (Å²) in [4.78, 5) is 11.5. The van der Waals surface area contributed by atoms with E-state index in [4.69, 9.17) is 21.1 Å². The van der Waals surface area contributed by atoms with Crippen LogP contribution in [0.15, 0.2) is 24.3 Å². The second kappa shape index (κ2) is 4.11. The lowest BCUT2D eigenvalue weighted by molar-refractivity contribution is -0.128. The molecule has 0 aromatic heterocycles. The zero-order chi connectivity index (χ0) is 10.8. The van der Waals surface area contributed by atoms with Crippen LogP contribution in [0.1, 0.15) is 6.92 Å². The van der Waals surface area contributed by atoms with Crippen LogP contribution in [0.25, 0.3) is 0 Å². The molecule has 1 aromatic carbocycles. The first kappa shape index (κ1) is 10.3. The number of Topliss-reactive ketones (excluding diaryl/α,β-unsaturated/α-hetero) is 1. The van der Waals surface area contributed by atoms with Crippen LogP contribution >= 0.6 is 11.6 Å². The minimum absolute atomic E-state index is 0.0550. The number of ether oxygens (including phenoxy) is 2. The summed E-state index contributed by atoms with van der Waals surface area (Å²) in [5, 5.41) is 0. The number of para-hydroxylation sites is 2. The molecule has 0 amide bonds. The molecule has 0 spiro atoms. The number of carbonyl (C=O) groups excluding carboxylic acids is 1. The Kier molecular flexibility index (Phi) is 2.82. The zero-order valence-corrected chi connectivity index (χ0v) is 9.03. The monoisotopic (exact) mass is 226 g/mol. The average molecular weight is 227 g/mol. The van der Waals surface area contributed by atoms with E-state index in [-0.39, 0.29) is 17.8 Å². The summed E-state index contributed by atoms with van der Waals surface area (Å²) in [5.41, 5.74) is 0. The molecule has 2 rings (SSSR count). The van der Waals surface area contributed by atoms with Crippen LogP contribution in [0.5, 0.6) is 11.5 Å². The Morgan fingerprint density at radius 2 is 1.93 bits per heavy atom. The number of hydrogen-bond acceptors (Lipinski definition) is 3. The van der Waals surface area contributed by atoms with Gasteiger partial charge in [-0.15, -0.1) is 11.6 Å². The predicted octanol–water partition coefficient (Wildman–Crippen LogP) is 2.02. The molecule has 0 saturated carbocycles. The number of ketones is 1. The summed E-state index contributed by atoms with van der Waals surface area (Å²) in [6, 6.07) is 7.28. The predicted molar refractivity (Wildman–Crippen MR) is 56.7 cm³/mol. The van der Waals surface area contributed by atoms with Gasteiger partial charge in [-0.25, -0.2) is 0 Å². The molecule has 0 radical (unpaired) electrons. The molecule has 0 fully saturated rings. The molecule has 3 nitrogen and oxygen atoms in total. The topological polar surface area (TPSA) is 35.5 Å². The van der Waals surface area contributed by atoms with Crippen LogP contribution in [0.4, 0.5) is 0 Å². The van der Waals surface area contributed by atoms with Gasteiger partial charge in [0.1, 0.15) is 6.10 Å². The SMILES string of the molecule is CC1Oc2ccccc2OC1C(=O)CCl. The van der Waals surface area contributed by atoms with Crippen molar-refractivity contribution in [1.82, 2.24) is 0 Å². The number of rotatable bonds is 2. The van der Waals surface area contributed by atoms with E-state index in [9.17, 15) is 4.79 Å². The molecule has 0 aliphatic carbocycles. The summed E-state index contributed by atoms with van der Waals surface area (Å²) in [5.74, 6) is 1.06. The van der Waals surface area contributed by atoms with Crippen LogP contribution < -0.4 is 9.47 Å². The van der Waals surface area contributed by atoms with E-state index in [2.05, 4.69) is 0 Å². The fraction of sp³-hybridized carbons (Fsp3) is 0.364. The Bertz CT molecular complexity index is 378. The Hall–Kier alpha value is -1.22. The smallest absolute Gasteiger partial charge is 0.194 e. The molecule has 0 N–H and O–H groups in total. The van der Waals surface area contributed by atoms with E-state index in [1.165, 1.54) is 0 Å². The van der Waals surface area contributed by atoms with Crippen molar-refractivity contribution in [3.05, 3.63) is 24.3 Å². The van der Waals surface area contributed by atoms with Crippen LogP contribution in [0, 0.1) is 0 Å². The third-order valence-corrected chi connectivity index (χ3v) is 2.55. The summed E-state index contributed by atoms with van der Waals surface area (Å²) in [6.45, 7) is 1.80. The third-order valence-electron chi connectivity index (χ3n) is 2.29. The van der Waals surface area contributed by atoms with Gasteiger partial charge in [0.05, 0.1) is 5.88 Å². The highest BCUT2D eigenvalue weighted by molar-refractivity contribution is 6.28. The number of carbonyl (C=O) groups is 1. The molecule has 2 unspecified atom stereocenters. The maximum Gasteiger partial charge on any atom is 0.194 e. The minimum atomic E-state index is -0.600. The minimum Gasteiger partial charge on any atom is -0.482 e. The van der Waals surface area contributed by atoms with Crippen LogP contribution in [0.2, 0.25) is 0 Å². The summed E-state index contributed by atoms with van der Waals surface area (Å²) < 4.78 is 11.1. The molecule has 4 heteroatoms. The number of alkyl halides is 1. The van der Waals surface area contributed by atoms with Crippen molar-refractivity contribution < 1.29 is 14.3 Å². The Morgan fingerprint density at radius 1 is 1.33 bits per heavy atom. The van der Waals surface area contributed by atoms with Gasteiger partial charge in [0, 0.05) is 0 Å². The van der Waals surface area contributed by atoms with Gasteiger partial charge in [0.2, 0.25) is 0 Å². The lowest BCUT2D eigenvalue weighted by Gasteiger charge is -2.30. The summed E-state index contributed by atoms with van der Waals surface area (Å²) in [7, 11) is 0. The maximum atomic E-state index is 11.5. The van der Waals surface area contributed by atoms with Crippen molar-refractivity contribution in [2.45, 2.75) is 19.1 Å². The molecule has 1 aliphatic rings. The van der Waals surface area contributed by atoms with E-state index in [0.29, 0.717) is 11.5 Å². The number of hydrogen-bond donors (Lipinski definition) is 0. The molecule has 0 saturated heterocycles. The van der Waals surface area contributed by atoms with Gasteiger partial charge in [0.15, 0.2) is 23.4 Å². The van der Waals surface area contributed by atoms with Crippen molar-refractivity contribution in [3.8, 4) is 11.5 Å². The molecule has 1 aromatic rings. The summed E-state index contributed by atoms with van der Waals surface area (Å²) >= 11 is 5.49. The lowest BCUT2D eigenvalue weighted by Crippen LogP contribution is -2.44. The largest absolute Gasteiger partial charge is 0.482 e. The van der Waals surface area contributed by atoms with Crippen molar-refractivity contribution in [3.63, 3.8) is 0 Å². The number of benzene rings is 1. The van der Waals surface area contributed by atoms with E-state index in [1.807, 2.05) is 18.2 Å². The van der Waals surface area contributed by atoms with Gasteiger partial charge >= 0.3 is 0 Å². The van der Waals surface area contributed by atoms with E-state index >= 15 is 0 Å². The van der Waals surface area contributed by atoms with Gasteiger partial charge in [-0.3, -0.25) is 4.79 Å². The van der Waals surface area contributed by atoms with Gasteiger partial charge in [-0.05, 0) is 19.1 Å². The Balaban J connectivity index is 2.25. The van der Waals surface area contributed by atoms with Gasteiger partial charge < -0.3 is 9.47 Å². The molecule has 80 valence electrons. The second-order valence-corrected chi connectivity index (χ2v) is 3.68. The van der Waals surface area contributed by atoms with Crippen molar-refractivity contribution in [1.29, 1.82) is 0 Å². The molecular formula is C11H11ClO3. The summed E-state index contributed by atoms with van der Waals surface area (Å²) in [6.07, 6.45) is -0.899. The van der Waals surface area contributed by atoms with Crippen LogP contribution in [0.3, 0.4) is 0 Å². The maximum absolute atomic E-state index is 11.5. The highest BCUT2D eigenvalue weighted by atomic mass is 35.5. The first-order valence-electron chi connectivity index (χ1n) is 4.73. The first-order valence-corrected chi connectivity index (χ1v) is 5.27. The molecule has 2 atom stereocenters. The normalized spacial score (nSPS) is 23.6. The molecule has 1 aliphatic heterocycles. The van der Waals surface area contributed by atoms with Crippen molar-refractivity contribution >= 4 is 17.4 Å². The average Bonchev–Trinajstić information content (AvgIpc) is 2.27. The number of fused-ring (bicyclic) bond motifs is 1. The van der Waals surface area contributed by atoms with Crippen molar-refractivity contribution in [2.75, 3.05) is 5.88 Å². The standard InChI is InChI=1S/C11H11ClO3/c1-7-11(8(13)6-12)15-10-5-3-2-4-9(10)14-7/h2-5,7,11H,6H2,1H3. The van der Waals surface area contributed by atoms with E-state index in [0.717, 1.165) is 0 Å². The first-order chi connectivity index (χ1) is 7.22. The third kappa shape index (κ3) is 1.92. The van der Waals surface area contributed by atoms with Crippen LogP contribution in [-0.4, -0.2) is 23.9 Å². The fourth-order valence-corrected chi connectivity index (χ4v) is 1.70. The highest BCUT2D eigenvalue weighted by Gasteiger charge is 2.32. The van der Waals surface area contributed by atoms with E-state index in [1.54, 1.807) is 13.0 Å². The molecular weight excluding hydrogens is 216 g/mol. The molecule has 15 heavy (non-hydrogen) atoms. The van der Waals surface area contributed by atoms with Crippen molar-refractivity contribution in [2.24, 2.45) is 0 Å². The Labute approximate surface area is 92.9 Å². The lowest BCUT2D eigenvalue weighted by atomic mass is 10.1. The van der Waals surface area contributed by atoms with Crippen LogP contribution in [-0.2, 0) is 4.79 Å². The van der Waals surface area contributed by atoms with E-state index < -0.39 is 6.10 Å². The van der Waals surface area contributed by atoms with Gasteiger partial charge in [-0.2, -0.15) is 0 Å². The van der Waals surface area contributed by atoms with Gasteiger partial charge in [0.25, 0.3) is 0 Å². The molecule has 1 heterocycles. The number of halogens is 1. The fourth-order valence-electron chi connectivity index (χ4n) is 1.54. The molecule has 0 bridgehead atoms. The van der Waals surface area contributed by atoms with Gasteiger partial charge in [-0.1, -0.05) is 12.1 Å². The quantitative estimate of drug-likeness (QED) is 0.724. The zero-order valence-electron chi connectivity index (χ0n) is 8.27. The highest BCUT2D eigenvalue weighted by Crippen LogP contribution is 2.33. The second-order valence-electron chi connectivity index (χ2n) is 3.41. The Morgan fingerprint density at radius 3 is 2.53 bits per heavy atom.